The van der Waals surface area contributed by atoms with Crippen LogP contribution in [0.4, 0.5) is 0 Å². The topological polar surface area (TPSA) is 78.8 Å². The first-order chi connectivity index (χ1) is 8.04. The summed E-state index contributed by atoms with van der Waals surface area (Å²) in [6, 6.07) is 4.10. The Hall–Kier alpha value is -1.75. The van der Waals surface area contributed by atoms with Gasteiger partial charge in [0, 0.05) is 6.54 Å². The molecule has 0 aliphatic heterocycles. The number of carbonyl (C=O) groups excluding carboxylic acids is 1. The van der Waals surface area contributed by atoms with Gasteiger partial charge in [0.25, 0.3) is 0 Å². The molecular formula is C12H17NO4. The molecule has 0 aliphatic carbocycles. The predicted molar refractivity (Wildman–Crippen MR) is 62.7 cm³/mol. The van der Waals surface area contributed by atoms with E-state index in [4.69, 9.17) is 9.84 Å². The van der Waals surface area contributed by atoms with Crippen molar-refractivity contribution in [3.05, 3.63) is 23.8 Å². The fraction of sp³-hybridized carbons (Fsp3) is 0.417. The predicted octanol–water partition coefficient (Wildman–Crippen LogP) is 1.14. The number of carbonyl (C=O) groups is 1. The largest absolute Gasteiger partial charge is 0.504 e. The van der Waals surface area contributed by atoms with Crippen LogP contribution in [0.3, 0.4) is 0 Å². The SMILES string of the molecule is CCOC(=O)C(C)NCc1ccc(O)c(O)c1. The number of phenols is 2. The number of hydrogen-bond acceptors (Lipinski definition) is 5. The first-order valence-corrected chi connectivity index (χ1v) is 5.45. The third-order valence-electron chi connectivity index (χ3n) is 2.29. The normalized spacial score (nSPS) is 12.1. The van der Waals surface area contributed by atoms with E-state index in [2.05, 4.69) is 5.32 Å². The van der Waals surface area contributed by atoms with Crippen molar-refractivity contribution in [2.75, 3.05) is 6.61 Å². The molecule has 94 valence electrons. The Labute approximate surface area is 100 Å². The molecule has 0 saturated carbocycles. The number of esters is 1. The Bertz CT molecular complexity index is 392. The summed E-state index contributed by atoms with van der Waals surface area (Å²) in [5.74, 6) is -0.643. The zero-order chi connectivity index (χ0) is 12.8. The van der Waals surface area contributed by atoms with E-state index >= 15 is 0 Å². The summed E-state index contributed by atoms with van der Waals surface area (Å²) >= 11 is 0. The van der Waals surface area contributed by atoms with Gasteiger partial charge in [-0.3, -0.25) is 4.79 Å². The van der Waals surface area contributed by atoms with Gasteiger partial charge in [-0.2, -0.15) is 0 Å². The number of aromatic hydroxyl groups is 2. The number of phenolic OH excluding ortho intramolecular Hbond substituents is 2. The van der Waals surface area contributed by atoms with Crippen LogP contribution in [-0.4, -0.2) is 28.8 Å². The summed E-state index contributed by atoms with van der Waals surface area (Å²) in [4.78, 5) is 11.3. The van der Waals surface area contributed by atoms with E-state index in [-0.39, 0.29) is 17.5 Å². The van der Waals surface area contributed by atoms with Crippen molar-refractivity contribution in [3.63, 3.8) is 0 Å². The van der Waals surface area contributed by atoms with E-state index in [0.717, 1.165) is 5.56 Å². The van der Waals surface area contributed by atoms with Gasteiger partial charge in [0.2, 0.25) is 0 Å². The van der Waals surface area contributed by atoms with E-state index in [1.54, 1.807) is 19.9 Å². The van der Waals surface area contributed by atoms with Gasteiger partial charge in [-0.05, 0) is 31.5 Å². The molecule has 0 spiro atoms. The Kier molecular flexibility index (Phi) is 4.78. The van der Waals surface area contributed by atoms with Crippen LogP contribution in [0.25, 0.3) is 0 Å². The van der Waals surface area contributed by atoms with Crippen molar-refractivity contribution in [1.82, 2.24) is 5.32 Å². The Morgan fingerprint density at radius 3 is 2.71 bits per heavy atom. The fourth-order valence-electron chi connectivity index (χ4n) is 1.30. The molecule has 5 heteroatoms. The Morgan fingerprint density at radius 1 is 1.41 bits per heavy atom. The third-order valence-corrected chi connectivity index (χ3v) is 2.29. The molecular weight excluding hydrogens is 222 g/mol. The summed E-state index contributed by atoms with van der Waals surface area (Å²) in [6.07, 6.45) is 0. The molecule has 0 heterocycles. The summed E-state index contributed by atoms with van der Waals surface area (Å²) in [7, 11) is 0. The van der Waals surface area contributed by atoms with Gasteiger partial charge in [-0.25, -0.2) is 0 Å². The van der Waals surface area contributed by atoms with Crippen molar-refractivity contribution in [2.24, 2.45) is 0 Å². The van der Waals surface area contributed by atoms with Gasteiger partial charge in [-0.1, -0.05) is 6.07 Å². The van der Waals surface area contributed by atoms with Crippen molar-refractivity contribution < 1.29 is 19.7 Å². The molecule has 1 rings (SSSR count). The standard InChI is InChI=1S/C12H17NO4/c1-3-17-12(16)8(2)13-7-9-4-5-10(14)11(15)6-9/h4-6,8,13-15H,3,7H2,1-2H3. The first kappa shape index (κ1) is 13.3. The van der Waals surface area contributed by atoms with Gasteiger partial charge < -0.3 is 20.3 Å². The summed E-state index contributed by atoms with van der Waals surface area (Å²) < 4.78 is 4.84. The van der Waals surface area contributed by atoms with Crippen LogP contribution in [0.15, 0.2) is 18.2 Å². The molecule has 1 unspecified atom stereocenters. The van der Waals surface area contributed by atoms with E-state index in [1.165, 1.54) is 12.1 Å². The summed E-state index contributed by atoms with van der Waals surface area (Å²) in [5, 5.41) is 21.4. The van der Waals surface area contributed by atoms with E-state index in [0.29, 0.717) is 13.2 Å². The van der Waals surface area contributed by atoms with Gasteiger partial charge in [0.15, 0.2) is 11.5 Å². The maximum absolute atomic E-state index is 11.3. The van der Waals surface area contributed by atoms with E-state index in [1.807, 2.05) is 0 Å². The number of benzene rings is 1. The second kappa shape index (κ2) is 6.10. The zero-order valence-electron chi connectivity index (χ0n) is 9.93. The van der Waals surface area contributed by atoms with Crippen molar-refractivity contribution >= 4 is 5.97 Å². The quantitative estimate of drug-likeness (QED) is 0.530. The highest BCUT2D eigenvalue weighted by Gasteiger charge is 2.12. The minimum Gasteiger partial charge on any atom is -0.504 e. The average Bonchev–Trinajstić information content (AvgIpc) is 2.30. The number of ether oxygens (including phenoxy) is 1. The molecule has 5 nitrogen and oxygen atoms in total. The van der Waals surface area contributed by atoms with E-state index in [9.17, 15) is 9.90 Å². The van der Waals surface area contributed by atoms with Gasteiger partial charge >= 0.3 is 5.97 Å². The molecule has 0 bridgehead atoms. The lowest BCUT2D eigenvalue weighted by atomic mass is 10.2. The van der Waals surface area contributed by atoms with Gasteiger partial charge in [-0.15, -0.1) is 0 Å². The van der Waals surface area contributed by atoms with Crippen LogP contribution in [0.2, 0.25) is 0 Å². The zero-order valence-corrected chi connectivity index (χ0v) is 9.93. The van der Waals surface area contributed by atoms with E-state index < -0.39 is 6.04 Å². The number of nitrogens with one attached hydrogen (secondary N) is 1. The second-order valence-electron chi connectivity index (χ2n) is 3.68. The van der Waals surface area contributed by atoms with Crippen molar-refractivity contribution in [1.29, 1.82) is 0 Å². The van der Waals surface area contributed by atoms with Crippen LogP contribution in [0.1, 0.15) is 19.4 Å². The molecule has 0 amide bonds. The lowest BCUT2D eigenvalue weighted by molar-refractivity contribution is -0.145. The number of rotatable bonds is 5. The molecule has 1 aromatic carbocycles. The molecule has 17 heavy (non-hydrogen) atoms. The minimum atomic E-state index is -0.411. The molecule has 0 saturated heterocycles. The molecule has 0 fully saturated rings. The first-order valence-electron chi connectivity index (χ1n) is 5.45. The molecule has 0 aliphatic rings. The molecule has 0 aromatic heterocycles. The summed E-state index contributed by atoms with van der Waals surface area (Å²) in [6.45, 7) is 4.22. The Balaban J connectivity index is 2.50. The lowest BCUT2D eigenvalue weighted by Gasteiger charge is -2.12. The van der Waals surface area contributed by atoms with Gasteiger partial charge in [0.1, 0.15) is 6.04 Å². The van der Waals surface area contributed by atoms with Crippen molar-refractivity contribution in [3.8, 4) is 11.5 Å². The highest BCUT2D eigenvalue weighted by atomic mass is 16.5. The van der Waals surface area contributed by atoms with Crippen LogP contribution >= 0.6 is 0 Å². The maximum atomic E-state index is 11.3. The third kappa shape index (κ3) is 3.96. The van der Waals surface area contributed by atoms with Crippen LogP contribution < -0.4 is 5.32 Å². The fourth-order valence-corrected chi connectivity index (χ4v) is 1.30. The highest BCUT2D eigenvalue weighted by Crippen LogP contribution is 2.24. The number of hydrogen-bond donors (Lipinski definition) is 3. The monoisotopic (exact) mass is 239 g/mol. The molecule has 3 N–H and O–H groups in total. The maximum Gasteiger partial charge on any atom is 0.322 e. The summed E-state index contributed by atoms with van der Waals surface area (Å²) in [5.41, 5.74) is 0.774. The van der Waals surface area contributed by atoms with Crippen LogP contribution in [0, 0.1) is 0 Å². The molecule has 0 radical (unpaired) electrons. The van der Waals surface area contributed by atoms with Crippen LogP contribution in [0.5, 0.6) is 11.5 Å². The molecule has 1 aromatic rings. The minimum absolute atomic E-state index is 0.160. The Morgan fingerprint density at radius 2 is 2.12 bits per heavy atom. The highest BCUT2D eigenvalue weighted by molar-refractivity contribution is 5.75. The second-order valence-corrected chi connectivity index (χ2v) is 3.68. The molecule has 1 atom stereocenters. The van der Waals surface area contributed by atoms with Crippen LogP contribution in [-0.2, 0) is 16.1 Å². The van der Waals surface area contributed by atoms with Crippen molar-refractivity contribution in [2.45, 2.75) is 26.4 Å². The smallest absolute Gasteiger partial charge is 0.322 e. The average molecular weight is 239 g/mol. The van der Waals surface area contributed by atoms with Gasteiger partial charge in [0.05, 0.1) is 6.61 Å². The lowest BCUT2D eigenvalue weighted by Crippen LogP contribution is -2.34.